The Hall–Kier alpha value is -2.29. The van der Waals surface area contributed by atoms with E-state index in [1.807, 2.05) is 56.3 Å². The molecular formula is C17H19NO2. The highest BCUT2D eigenvalue weighted by Gasteiger charge is 2.14. The largest absolute Gasteiger partial charge is 0.494 e. The zero-order valence-corrected chi connectivity index (χ0v) is 12.1. The van der Waals surface area contributed by atoms with Gasteiger partial charge in [0, 0.05) is 18.3 Å². The minimum atomic E-state index is -0.0256. The standard InChI is InChI=1S/C17H19NO2/c1-4-20-16-11-10-14(12-13(16)2)17(19)18(3)15-8-6-5-7-9-15/h5-12H,4H2,1-3H3. The van der Waals surface area contributed by atoms with Gasteiger partial charge in [-0.2, -0.15) is 0 Å². The maximum Gasteiger partial charge on any atom is 0.258 e. The molecule has 2 aromatic rings. The molecule has 1 amide bonds. The number of carbonyl (C=O) groups excluding carboxylic acids is 1. The minimum absolute atomic E-state index is 0.0256. The predicted molar refractivity (Wildman–Crippen MR) is 81.5 cm³/mol. The second-order valence-electron chi connectivity index (χ2n) is 4.61. The molecule has 3 nitrogen and oxygen atoms in total. The highest BCUT2D eigenvalue weighted by molar-refractivity contribution is 6.05. The van der Waals surface area contributed by atoms with Crippen LogP contribution in [0.5, 0.6) is 5.75 Å². The van der Waals surface area contributed by atoms with Crippen LogP contribution >= 0.6 is 0 Å². The average molecular weight is 269 g/mol. The van der Waals surface area contributed by atoms with Gasteiger partial charge in [-0.3, -0.25) is 4.79 Å². The number of anilines is 1. The number of amides is 1. The van der Waals surface area contributed by atoms with Crippen LogP contribution in [0.1, 0.15) is 22.8 Å². The minimum Gasteiger partial charge on any atom is -0.494 e. The van der Waals surface area contributed by atoms with Crippen molar-refractivity contribution in [2.45, 2.75) is 13.8 Å². The molecule has 0 radical (unpaired) electrons. The number of para-hydroxylation sites is 1. The van der Waals surface area contributed by atoms with Crippen LogP contribution in [0.2, 0.25) is 0 Å². The fourth-order valence-corrected chi connectivity index (χ4v) is 2.06. The normalized spacial score (nSPS) is 10.2. The summed E-state index contributed by atoms with van der Waals surface area (Å²) in [4.78, 5) is 14.1. The topological polar surface area (TPSA) is 29.5 Å². The lowest BCUT2D eigenvalue weighted by molar-refractivity contribution is 0.0993. The van der Waals surface area contributed by atoms with Crippen LogP contribution < -0.4 is 9.64 Å². The van der Waals surface area contributed by atoms with E-state index in [9.17, 15) is 4.79 Å². The van der Waals surface area contributed by atoms with Crippen LogP contribution in [0.25, 0.3) is 0 Å². The van der Waals surface area contributed by atoms with Crippen molar-refractivity contribution in [3.8, 4) is 5.75 Å². The summed E-state index contributed by atoms with van der Waals surface area (Å²) < 4.78 is 5.49. The van der Waals surface area contributed by atoms with Gasteiger partial charge in [0.15, 0.2) is 0 Å². The van der Waals surface area contributed by atoms with Gasteiger partial charge in [-0.1, -0.05) is 18.2 Å². The van der Waals surface area contributed by atoms with Crippen molar-refractivity contribution in [3.63, 3.8) is 0 Å². The highest BCUT2D eigenvalue weighted by atomic mass is 16.5. The molecule has 2 aromatic carbocycles. The van der Waals surface area contributed by atoms with E-state index in [0.29, 0.717) is 12.2 Å². The van der Waals surface area contributed by atoms with E-state index in [1.54, 1.807) is 18.0 Å². The predicted octanol–water partition coefficient (Wildman–Crippen LogP) is 3.67. The summed E-state index contributed by atoms with van der Waals surface area (Å²) in [6.45, 7) is 4.52. The van der Waals surface area contributed by atoms with Gasteiger partial charge in [-0.15, -0.1) is 0 Å². The van der Waals surface area contributed by atoms with Crippen LogP contribution in [-0.4, -0.2) is 19.6 Å². The molecular weight excluding hydrogens is 250 g/mol. The summed E-state index contributed by atoms with van der Waals surface area (Å²) >= 11 is 0. The molecule has 0 atom stereocenters. The zero-order chi connectivity index (χ0) is 14.5. The molecule has 3 heteroatoms. The van der Waals surface area contributed by atoms with Gasteiger partial charge in [0.25, 0.3) is 5.91 Å². The first-order chi connectivity index (χ1) is 9.63. The number of benzene rings is 2. The average Bonchev–Trinajstić information content (AvgIpc) is 2.49. The lowest BCUT2D eigenvalue weighted by Gasteiger charge is -2.18. The van der Waals surface area contributed by atoms with E-state index in [2.05, 4.69) is 0 Å². The molecule has 0 aliphatic carbocycles. The second-order valence-corrected chi connectivity index (χ2v) is 4.61. The third-order valence-electron chi connectivity index (χ3n) is 3.17. The van der Waals surface area contributed by atoms with Gasteiger partial charge in [0.1, 0.15) is 5.75 Å². The van der Waals surface area contributed by atoms with Gasteiger partial charge in [-0.05, 0) is 49.7 Å². The van der Waals surface area contributed by atoms with E-state index in [1.165, 1.54) is 0 Å². The van der Waals surface area contributed by atoms with Crippen LogP contribution in [0.4, 0.5) is 5.69 Å². The maximum absolute atomic E-state index is 12.5. The van der Waals surface area contributed by atoms with E-state index < -0.39 is 0 Å². The Morgan fingerprint density at radius 2 is 1.85 bits per heavy atom. The molecule has 0 bridgehead atoms. The Balaban J connectivity index is 2.23. The summed E-state index contributed by atoms with van der Waals surface area (Å²) in [5, 5.41) is 0. The first kappa shape index (κ1) is 14.1. The lowest BCUT2D eigenvalue weighted by atomic mass is 10.1. The monoisotopic (exact) mass is 269 g/mol. The number of hydrogen-bond acceptors (Lipinski definition) is 2. The van der Waals surface area contributed by atoms with Gasteiger partial charge >= 0.3 is 0 Å². The number of carbonyl (C=O) groups is 1. The van der Waals surface area contributed by atoms with Crippen molar-refractivity contribution in [2.75, 3.05) is 18.6 Å². The molecule has 0 aromatic heterocycles. The fraction of sp³-hybridized carbons (Fsp3) is 0.235. The summed E-state index contributed by atoms with van der Waals surface area (Å²) in [5.41, 5.74) is 2.51. The summed E-state index contributed by atoms with van der Waals surface area (Å²) in [6.07, 6.45) is 0. The van der Waals surface area contributed by atoms with Crippen LogP contribution in [0.15, 0.2) is 48.5 Å². The molecule has 0 unspecified atom stereocenters. The first-order valence-electron chi connectivity index (χ1n) is 6.70. The number of aryl methyl sites for hydroxylation is 1. The van der Waals surface area contributed by atoms with E-state index in [-0.39, 0.29) is 5.91 Å². The van der Waals surface area contributed by atoms with Gasteiger partial charge < -0.3 is 9.64 Å². The Morgan fingerprint density at radius 3 is 2.45 bits per heavy atom. The van der Waals surface area contributed by atoms with Crippen molar-refractivity contribution in [3.05, 3.63) is 59.7 Å². The SMILES string of the molecule is CCOc1ccc(C(=O)N(C)c2ccccc2)cc1C. The fourth-order valence-electron chi connectivity index (χ4n) is 2.06. The van der Waals surface area contributed by atoms with E-state index in [0.717, 1.165) is 17.0 Å². The Bertz CT molecular complexity index is 593. The third kappa shape index (κ3) is 2.99. The summed E-state index contributed by atoms with van der Waals surface area (Å²) in [5.74, 6) is 0.800. The molecule has 0 N–H and O–H groups in total. The highest BCUT2D eigenvalue weighted by Crippen LogP contribution is 2.21. The number of ether oxygens (including phenoxy) is 1. The second kappa shape index (κ2) is 6.24. The molecule has 104 valence electrons. The van der Waals surface area contributed by atoms with Crippen molar-refractivity contribution in [1.29, 1.82) is 0 Å². The Kier molecular flexibility index (Phi) is 4.41. The number of hydrogen-bond donors (Lipinski definition) is 0. The van der Waals surface area contributed by atoms with Gasteiger partial charge in [-0.25, -0.2) is 0 Å². The van der Waals surface area contributed by atoms with E-state index in [4.69, 9.17) is 4.74 Å². The molecule has 0 saturated heterocycles. The van der Waals surface area contributed by atoms with Gasteiger partial charge in [0.2, 0.25) is 0 Å². The number of rotatable bonds is 4. The zero-order valence-electron chi connectivity index (χ0n) is 12.1. The molecule has 0 fully saturated rings. The van der Waals surface area contributed by atoms with Crippen molar-refractivity contribution >= 4 is 11.6 Å². The lowest BCUT2D eigenvalue weighted by Crippen LogP contribution is -2.26. The molecule has 0 spiro atoms. The molecule has 20 heavy (non-hydrogen) atoms. The smallest absolute Gasteiger partial charge is 0.258 e. The van der Waals surface area contributed by atoms with Crippen molar-refractivity contribution in [1.82, 2.24) is 0 Å². The first-order valence-corrected chi connectivity index (χ1v) is 6.70. The quantitative estimate of drug-likeness (QED) is 0.847. The van der Waals surface area contributed by atoms with Crippen molar-refractivity contribution < 1.29 is 9.53 Å². The molecule has 0 aliphatic heterocycles. The van der Waals surface area contributed by atoms with Gasteiger partial charge in [0.05, 0.1) is 6.61 Å². The van der Waals surface area contributed by atoms with Crippen molar-refractivity contribution in [2.24, 2.45) is 0 Å². The molecule has 0 heterocycles. The molecule has 2 rings (SSSR count). The Morgan fingerprint density at radius 1 is 1.15 bits per heavy atom. The number of nitrogens with zero attached hydrogens (tertiary/aromatic N) is 1. The summed E-state index contributed by atoms with van der Waals surface area (Å²) in [6, 6.07) is 15.1. The van der Waals surface area contributed by atoms with Crippen LogP contribution in [0.3, 0.4) is 0 Å². The molecule has 0 aliphatic rings. The Labute approximate surface area is 119 Å². The van der Waals surface area contributed by atoms with Crippen LogP contribution in [0, 0.1) is 6.92 Å². The van der Waals surface area contributed by atoms with Crippen LogP contribution in [-0.2, 0) is 0 Å². The summed E-state index contributed by atoms with van der Waals surface area (Å²) in [7, 11) is 1.78. The van der Waals surface area contributed by atoms with E-state index >= 15 is 0 Å². The maximum atomic E-state index is 12.5. The third-order valence-corrected chi connectivity index (χ3v) is 3.17. The molecule has 0 saturated carbocycles.